The van der Waals surface area contributed by atoms with Gasteiger partial charge in [0.1, 0.15) is 0 Å². The van der Waals surface area contributed by atoms with Crippen LogP contribution < -0.4 is 32.8 Å². The van der Waals surface area contributed by atoms with Gasteiger partial charge >= 0.3 is 0 Å². The second kappa shape index (κ2) is 15.0. The van der Waals surface area contributed by atoms with Gasteiger partial charge in [0, 0.05) is 0 Å². The van der Waals surface area contributed by atoms with Crippen LogP contribution in [0.5, 0.6) is 0 Å². The van der Waals surface area contributed by atoms with E-state index in [0.717, 1.165) is 0 Å². The Morgan fingerprint density at radius 2 is 0.481 bits per heavy atom. The third kappa shape index (κ3) is 7.54. The van der Waals surface area contributed by atoms with Gasteiger partial charge in [-0.25, -0.2) is 0 Å². The molecule has 6 rings (SSSR count). The van der Waals surface area contributed by atoms with Gasteiger partial charge in [0.15, 0.2) is 0 Å². The summed E-state index contributed by atoms with van der Waals surface area (Å²) < 4.78 is 0. The second-order valence-corrected chi connectivity index (χ2v) is 15.8. The first-order valence-corrected chi connectivity index (χ1v) is 18.9. The van der Waals surface area contributed by atoms with Crippen molar-refractivity contribution in [1.29, 1.82) is 0 Å². The molecule has 0 amide bonds. The maximum atomic E-state index is 2.34. The molecule has 2 heteroatoms. The molecule has 6 aromatic carbocycles. The number of rotatable bonds is 8. The van der Waals surface area contributed by atoms with E-state index in [1.807, 2.05) is 0 Å². The molecule has 6 aromatic rings. The van der Waals surface area contributed by atoms with Gasteiger partial charge in [-0.3, -0.25) is 0 Å². The highest BCUT2D eigenvalue weighted by Gasteiger charge is 2.29. The molecular weight excluding hydrogens is 622 g/mol. The minimum absolute atomic E-state index is 0.182. The molecule has 0 heterocycles. The molecule has 0 aromatic heterocycles. The number of benzene rings is 6. The van der Waals surface area contributed by atoms with Crippen LogP contribution in [0.2, 0.25) is 0 Å². The van der Waals surface area contributed by atoms with Crippen LogP contribution in [-0.2, 0) is 0 Å². The lowest BCUT2D eigenvalue weighted by Gasteiger charge is -2.24. The molecule has 0 aliphatic heterocycles. The molecule has 0 atom stereocenters. The molecule has 0 unspecified atom stereocenters. The lowest BCUT2D eigenvalue weighted by Crippen LogP contribution is -2.55. The largest absolute Gasteiger partial charge is 0.242 e. The van der Waals surface area contributed by atoms with Crippen molar-refractivity contribution < 1.29 is 0 Å². The zero-order valence-corrected chi connectivity index (χ0v) is 33.5. The van der Waals surface area contributed by atoms with Gasteiger partial charge in [-0.05, 0) is 94.2 Å². The summed E-state index contributed by atoms with van der Waals surface area (Å²) in [6.45, 7) is 27.4. The third-order valence-electron chi connectivity index (χ3n) is 11.1. The van der Waals surface area contributed by atoms with Crippen molar-refractivity contribution >= 4 is 58.4 Å². The van der Waals surface area contributed by atoms with Gasteiger partial charge < -0.3 is 0 Å². The Bertz CT molecular complexity index is 1930. The Kier molecular flexibility index (Phi) is 10.7. The molecule has 0 aliphatic rings. The summed E-state index contributed by atoms with van der Waals surface area (Å²) in [4.78, 5) is 0. The van der Waals surface area contributed by atoms with E-state index in [4.69, 9.17) is 0 Å². The maximum absolute atomic E-state index is 2.34. The molecule has 0 N–H and O–H groups in total. The van der Waals surface area contributed by atoms with Gasteiger partial charge in [-0.1, -0.05) is 209 Å². The smallest absolute Gasteiger partial charge is 0.0686 e. The average molecular weight is 677 g/mol. The summed E-state index contributed by atoms with van der Waals surface area (Å²) in [5.74, 6) is 0. The number of hydrogen-bond donors (Lipinski definition) is 0. The first kappa shape index (κ1) is 37.0. The minimum Gasteiger partial charge on any atom is -0.0686 e. The van der Waals surface area contributed by atoms with Crippen LogP contribution in [0.4, 0.5) is 0 Å². The van der Waals surface area contributed by atoms with Crippen LogP contribution in [0.15, 0.2) is 97.1 Å². The Morgan fingerprint density at radius 3 is 0.673 bits per heavy atom. The molecule has 0 spiro atoms. The summed E-state index contributed by atoms with van der Waals surface area (Å²) in [5.41, 5.74) is 26.9. The van der Waals surface area contributed by atoms with Crippen LogP contribution in [-0.4, -0.2) is 13.4 Å². The molecule has 0 saturated heterocycles. The fraction of sp³-hybridized carbons (Fsp3) is 0.240. The molecular formula is C50H54B2. The maximum Gasteiger partial charge on any atom is 0.242 e. The van der Waals surface area contributed by atoms with E-state index in [-0.39, 0.29) is 13.4 Å². The van der Waals surface area contributed by atoms with Gasteiger partial charge in [-0.2, -0.15) is 0 Å². The van der Waals surface area contributed by atoms with Gasteiger partial charge in [0.25, 0.3) is 0 Å². The Hall–Kier alpha value is -4.81. The zero-order valence-electron chi connectivity index (χ0n) is 33.5. The van der Waals surface area contributed by atoms with E-state index in [2.05, 4.69) is 192 Å². The molecule has 52 heavy (non-hydrogen) atoms. The summed E-state index contributed by atoms with van der Waals surface area (Å²) in [5, 5.41) is 0. The molecule has 0 bridgehead atoms. The number of aryl methyl sites for hydroxylation is 12. The molecule has 0 radical (unpaired) electrons. The lowest BCUT2D eigenvalue weighted by atomic mass is 9.34. The van der Waals surface area contributed by atoms with Gasteiger partial charge in [0.2, 0.25) is 13.4 Å². The molecule has 260 valence electrons. The highest BCUT2D eigenvalue weighted by Crippen LogP contribution is 2.16. The second-order valence-electron chi connectivity index (χ2n) is 15.8. The van der Waals surface area contributed by atoms with E-state index in [0.29, 0.717) is 0 Å². The number of hydrogen-bond acceptors (Lipinski definition) is 0. The summed E-state index contributed by atoms with van der Waals surface area (Å²) in [6.07, 6.45) is 4.50. The monoisotopic (exact) mass is 676 g/mol. The van der Waals surface area contributed by atoms with Gasteiger partial charge in [-0.15, -0.1) is 0 Å². The van der Waals surface area contributed by atoms with E-state index in [9.17, 15) is 0 Å². The molecule has 0 aliphatic carbocycles. The van der Waals surface area contributed by atoms with Crippen molar-refractivity contribution in [3.8, 4) is 0 Å². The van der Waals surface area contributed by atoms with Crippen molar-refractivity contribution in [2.24, 2.45) is 0 Å². The normalized spacial score (nSPS) is 11.4. The van der Waals surface area contributed by atoms with Crippen LogP contribution in [0.25, 0.3) is 12.2 Å². The predicted molar refractivity (Wildman–Crippen MR) is 234 cm³/mol. The van der Waals surface area contributed by atoms with E-state index in [1.165, 1.54) is 111 Å². The van der Waals surface area contributed by atoms with E-state index < -0.39 is 0 Å². The highest BCUT2D eigenvalue weighted by molar-refractivity contribution is 6.97. The fourth-order valence-electron chi connectivity index (χ4n) is 9.33. The van der Waals surface area contributed by atoms with Crippen LogP contribution in [0.1, 0.15) is 77.9 Å². The van der Waals surface area contributed by atoms with Crippen LogP contribution >= 0.6 is 0 Å². The quantitative estimate of drug-likeness (QED) is 0.112. The SMILES string of the molecule is Cc1cc(C)c(B(c2ccc(C=Cc3ccc(B(c4c(C)cc(C)cc4C)c4c(C)cc(C)cc4C)cc3)cc2)c2c(C)cc(C)cc2C)c(C)c1. The first-order chi connectivity index (χ1) is 24.7. The van der Waals surface area contributed by atoms with Crippen molar-refractivity contribution in [1.82, 2.24) is 0 Å². The Labute approximate surface area is 315 Å². The summed E-state index contributed by atoms with van der Waals surface area (Å²) in [6, 6.07) is 37.2. The minimum atomic E-state index is 0.182. The van der Waals surface area contributed by atoms with Crippen LogP contribution in [0.3, 0.4) is 0 Å². The Morgan fingerprint density at radius 1 is 0.288 bits per heavy atom. The van der Waals surface area contributed by atoms with Gasteiger partial charge in [0.05, 0.1) is 0 Å². The molecule has 0 nitrogen and oxygen atoms in total. The lowest BCUT2D eigenvalue weighted by molar-refractivity contribution is 1.34. The highest BCUT2D eigenvalue weighted by atomic mass is 14.1. The topological polar surface area (TPSA) is 0 Å². The zero-order chi connectivity index (χ0) is 37.4. The van der Waals surface area contributed by atoms with Crippen LogP contribution in [0, 0.1) is 83.1 Å². The Balaban J connectivity index is 1.34. The van der Waals surface area contributed by atoms with Crippen molar-refractivity contribution in [2.45, 2.75) is 83.1 Å². The summed E-state index contributed by atoms with van der Waals surface area (Å²) in [7, 11) is 0. The van der Waals surface area contributed by atoms with E-state index in [1.54, 1.807) is 0 Å². The average Bonchev–Trinajstić information content (AvgIpc) is 3.05. The predicted octanol–water partition coefficient (Wildman–Crippen LogP) is 8.59. The standard InChI is InChI=1S/C50H54B2/c1-31-23-35(5)47(36(6)24-31)51(48-37(7)25-32(2)26-38(48)8)45-19-15-43(16-20-45)13-14-44-17-21-46(22-18-44)52(49-39(9)27-33(3)28-40(49)10)50-41(11)29-34(4)30-42(50)12/h13-30H,1-12H3. The third-order valence-corrected chi connectivity index (χ3v) is 11.1. The molecule has 0 saturated carbocycles. The van der Waals surface area contributed by atoms with Crippen molar-refractivity contribution in [3.05, 3.63) is 175 Å². The van der Waals surface area contributed by atoms with Crippen molar-refractivity contribution in [3.63, 3.8) is 0 Å². The van der Waals surface area contributed by atoms with Crippen molar-refractivity contribution in [2.75, 3.05) is 0 Å². The first-order valence-electron chi connectivity index (χ1n) is 18.9. The summed E-state index contributed by atoms with van der Waals surface area (Å²) >= 11 is 0. The fourth-order valence-corrected chi connectivity index (χ4v) is 9.33. The molecule has 0 fully saturated rings. The van der Waals surface area contributed by atoms with E-state index >= 15 is 0 Å².